The number of aromatic nitrogens is 1. The van der Waals surface area contributed by atoms with E-state index in [4.69, 9.17) is 9.47 Å². The molecule has 0 spiro atoms. The van der Waals surface area contributed by atoms with Crippen LogP contribution >= 0.6 is 0 Å². The Labute approximate surface area is 147 Å². The largest absolute Gasteiger partial charge is 0.493 e. The van der Waals surface area contributed by atoms with E-state index in [-0.39, 0.29) is 5.97 Å². The maximum absolute atomic E-state index is 11.9. The molecular formula is C20H22N2O3. The van der Waals surface area contributed by atoms with Crippen LogP contribution in [0.25, 0.3) is 0 Å². The van der Waals surface area contributed by atoms with Crippen LogP contribution < -0.4 is 10.1 Å². The summed E-state index contributed by atoms with van der Waals surface area (Å²) in [7, 11) is 1.39. The van der Waals surface area contributed by atoms with Crippen molar-refractivity contribution >= 4 is 11.7 Å². The minimum Gasteiger partial charge on any atom is -0.493 e. The first-order chi connectivity index (χ1) is 12.3. The first-order valence-electron chi connectivity index (χ1n) is 8.81. The van der Waals surface area contributed by atoms with Gasteiger partial charge in [0.15, 0.2) is 0 Å². The third-order valence-electron chi connectivity index (χ3n) is 5.18. The van der Waals surface area contributed by atoms with Crippen molar-refractivity contribution in [1.29, 1.82) is 0 Å². The van der Waals surface area contributed by atoms with Crippen molar-refractivity contribution in [3.05, 3.63) is 52.8 Å². The molecule has 0 amide bonds. The molecule has 1 aromatic heterocycles. The van der Waals surface area contributed by atoms with Crippen LogP contribution in [-0.2, 0) is 17.6 Å². The lowest BCUT2D eigenvalue weighted by Gasteiger charge is -2.27. The molecule has 0 fully saturated rings. The summed E-state index contributed by atoms with van der Waals surface area (Å²) in [5.74, 6) is 1.18. The van der Waals surface area contributed by atoms with Gasteiger partial charge in [-0.2, -0.15) is 0 Å². The monoisotopic (exact) mass is 338 g/mol. The molecule has 0 saturated heterocycles. The van der Waals surface area contributed by atoms with Gasteiger partial charge in [-0.3, -0.25) is 4.98 Å². The number of nitrogens with one attached hydrogen (secondary N) is 1. The Hall–Kier alpha value is -2.56. The Morgan fingerprint density at radius 2 is 2.28 bits per heavy atom. The number of ether oxygens (including phenoxy) is 2. The highest BCUT2D eigenvalue weighted by Gasteiger charge is 2.27. The predicted octanol–water partition coefficient (Wildman–Crippen LogP) is 3.34. The van der Waals surface area contributed by atoms with E-state index in [2.05, 4.69) is 22.4 Å². The molecule has 4 rings (SSSR count). The number of hydrogen-bond acceptors (Lipinski definition) is 5. The van der Waals surface area contributed by atoms with E-state index in [1.165, 1.54) is 23.8 Å². The van der Waals surface area contributed by atoms with E-state index in [0.717, 1.165) is 50.3 Å². The first kappa shape index (κ1) is 15.9. The molecule has 2 aromatic rings. The first-order valence-corrected chi connectivity index (χ1v) is 8.81. The maximum atomic E-state index is 11.9. The van der Waals surface area contributed by atoms with Crippen LogP contribution in [0.3, 0.4) is 0 Å². The zero-order valence-electron chi connectivity index (χ0n) is 14.4. The minimum atomic E-state index is -0.347. The van der Waals surface area contributed by atoms with Gasteiger partial charge < -0.3 is 14.8 Å². The number of carbonyl (C=O) groups excluding carboxylic acids is 1. The van der Waals surface area contributed by atoms with Gasteiger partial charge in [-0.15, -0.1) is 0 Å². The maximum Gasteiger partial charge on any atom is 0.340 e. The molecule has 2 aliphatic rings. The molecule has 0 bridgehead atoms. The zero-order chi connectivity index (χ0) is 17.2. The molecule has 1 unspecified atom stereocenters. The summed E-state index contributed by atoms with van der Waals surface area (Å²) in [6.07, 6.45) is 7.69. The number of esters is 1. The van der Waals surface area contributed by atoms with Gasteiger partial charge in [-0.1, -0.05) is 12.1 Å². The average molecular weight is 338 g/mol. The Morgan fingerprint density at radius 1 is 1.36 bits per heavy atom. The molecule has 1 aromatic carbocycles. The summed E-state index contributed by atoms with van der Waals surface area (Å²) in [6, 6.07) is 6.16. The number of fused-ring (bicyclic) bond motifs is 3. The molecule has 0 saturated carbocycles. The van der Waals surface area contributed by atoms with Crippen LogP contribution in [0, 0.1) is 0 Å². The van der Waals surface area contributed by atoms with Crippen LogP contribution in [0.1, 0.15) is 45.8 Å². The fourth-order valence-corrected chi connectivity index (χ4v) is 3.92. The van der Waals surface area contributed by atoms with E-state index in [1.54, 1.807) is 18.5 Å². The molecule has 1 aliphatic carbocycles. The van der Waals surface area contributed by atoms with E-state index in [0.29, 0.717) is 11.5 Å². The average Bonchev–Trinajstić information content (AvgIpc) is 3.15. The molecule has 5 heteroatoms. The molecule has 25 heavy (non-hydrogen) atoms. The van der Waals surface area contributed by atoms with Crippen molar-refractivity contribution in [2.75, 3.05) is 25.6 Å². The number of benzene rings is 1. The van der Waals surface area contributed by atoms with Crippen molar-refractivity contribution in [2.24, 2.45) is 0 Å². The number of hydrogen-bond donors (Lipinski definition) is 1. The van der Waals surface area contributed by atoms with Gasteiger partial charge in [0.2, 0.25) is 0 Å². The second kappa shape index (κ2) is 6.75. The molecule has 130 valence electrons. The van der Waals surface area contributed by atoms with E-state index in [9.17, 15) is 4.79 Å². The van der Waals surface area contributed by atoms with E-state index in [1.807, 2.05) is 0 Å². The van der Waals surface area contributed by atoms with Gasteiger partial charge >= 0.3 is 5.97 Å². The lowest BCUT2D eigenvalue weighted by atomic mass is 9.81. The summed E-state index contributed by atoms with van der Waals surface area (Å²) in [5.41, 5.74) is 5.34. The normalized spacial score (nSPS) is 18.0. The van der Waals surface area contributed by atoms with Gasteiger partial charge in [0, 0.05) is 25.1 Å². The third-order valence-corrected chi connectivity index (χ3v) is 5.18. The van der Waals surface area contributed by atoms with Gasteiger partial charge in [-0.05, 0) is 42.0 Å². The summed E-state index contributed by atoms with van der Waals surface area (Å²) < 4.78 is 10.7. The van der Waals surface area contributed by atoms with Crippen molar-refractivity contribution in [3.8, 4) is 5.75 Å². The molecule has 1 aliphatic heterocycles. The number of rotatable bonds is 4. The molecular weight excluding hydrogens is 316 g/mol. The Morgan fingerprint density at radius 3 is 3.16 bits per heavy atom. The summed E-state index contributed by atoms with van der Waals surface area (Å²) in [4.78, 5) is 16.0. The van der Waals surface area contributed by atoms with E-state index < -0.39 is 0 Å². The Kier molecular flexibility index (Phi) is 4.30. The predicted molar refractivity (Wildman–Crippen MR) is 95.4 cm³/mol. The highest BCUT2D eigenvalue weighted by molar-refractivity contribution is 5.95. The standard InChI is InChI=1S/C20H22N2O3/c1-24-20(23)17-7-9-21-12-18(17)22-11-14-3-2-4-16-15(14)6-5-13-8-10-25-19(13)16/h5-7,9,12,14,22H,2-4,8,10-11H2,1H3. The van der Waals surface area contributed by atoms with Crippen LogP contribution in [0.2, 0.25) is 0 Å². The van der Waals surface area contributed by atoms with Crippen molar-refractivity contribution in [2.45, 2.75) is 31.6 Å². The number of anilines is 1. The highest BCUT2D eigenvalue weighted by Crippen LogP contribution is 2.40. The smallest absolute Gasteiger partial charge is 0.340 e. The molecule has 1 N–H and O–H groups in total. The third kappa shape index (κ3) is 2.95. The van der Waals surface area contributed by atoms with Gasteiger partial charge in [-0.25, -0.2) is 4.79 Å². The SMILES string of the molecule is COC(=O)c1ccncc1NCC1CCCc2c1ccc1c2OCC1. The lowest BCUT2D eigenvalue weighted by Crippen LogP contribution is -2.20. The van der Waals surface area contributed by atoms with E-state index >= 15 is 0 Å². The van der Waals surface area contributed by atoms with Crippen LogP contribution in [0.15, 0.2) is 30.6 Å². The number of nitrogens with zero attached hydrogens (tertiary/aromatic N) is 1. The Bertz CT molecular complexity index is 804. The zero-order valence-corrected chi connectivity index (χ0v) is 14.4. The van der Waals surface area contributed by atoms with Gasteiger partial charge in [0.05, 0.1) is 31.2 Å². The van der Waals surface area contributed by atoms with Crippen LogP contribution in [0.4, 0.5) is 5.69 Å². The molecule has 5 nitrogen and oxygen atoms in total. The molecule has 2 heterocycles. The van der Waals surface area contributed by atoms with Crippen LogP contribution in [-0.4, -0.2) is 31.2 Å². The highest BCUT2D eigenvalue weighted by atomic mass is 16.5. The number of pyridine rings is 1. The fraction of sp³-hybridized carbons (Fsp3) is 0.400. The van der Waals surface area contributed by atoms with Crippen LogP contribution in [0.5, 0.6) is 5.75 Å². The number of carbonyl (C=O) groups is 1. The lowest BCUT2D eigenvalue weighted by molar-refractivity contribution is 0.0601. The summed E-state index contributed by atoms with van der Waals surface area (Å²) in [5, 5.41) is 3.40. The fourth-order valence-electron chi connectivity index (χ4n) is 3.92. The van der Waals surface area contributed by atoms with Crippen molar-refractivity contribution < 1.29 is 14.3 Å². The minimum absolute atomic E-state index is 0.347. The van der Waals surface area contributed by atoms with Gasteiger partial charge in [0.25, 0.3) is 0 Å². The Balaban J connectivity index is 1.55. The summed E-state index contributed by atoms with van der Waals surface area (Å²) in [6.45, 7) is 1.56. The quantitative estimate of drug-likeness (QED) is 0.867. The topological polar surface area (TPSA) is 60.5 Å². The van der Waals surface area contributed by atoms with Gasteiger partial charge in [0.1, 0.15) is 5.75 Å². The number of methoxy groups -OCH3 is 1. The summed E-state index contributed by atoms with van der Waals surface area (Å²) >= 11 is 0. The van der Waals surface area contributed by atoms with Crippen molar-refractivity contribution in [1.82, 2.24) is 4.98 Å². The molecule has 1 atom stereocenters. The second-order valence-electron chi connectivity index (χ2n) is 6.60. The van der Waals surface area contributed by atoms with Crippen molar-refractivity contribution in [3.63, 3.8) is 0 Å². The molecule has 0 radical (unpaired) electrons. The second-order valence-corrected chi connectivity index (χ2v) is 6.60.